The van der Waals surface area contributed by atoms with E-state index in [1.807, 2.05) is 60.7 Å². The molecular formula is C33H34ClF3N2O3S. The summed E-state index contributed by atoms with van der Waals surface area (Å²) in [5.41, 5.74) is 1.71. The third-order valence-corrected chi connectivity index (χ3v) is 9.35. The van der Waals surface area contributed by atoms with E-state index in [0.29, 0.717) is 30.8 Å². The summed E-state index contributed by atoms with van der Waals surface area (Å²) in [6.07, 6.45) is -4.02. The molecule has 228 valence electrons. The second-order valence-electron chi connectivity index (χ2n) is 10.3. The van der Waals surface area contributed by atoms with Gasteiger partial charge in [0, 0.05) is 45.7 Å². The van der Waals surface area contributed by atoms with Crippen molar-refractivity contribution in [3.05, 3.63) is 130 Å². The number of halogens is 4. The molecule has 0 aliphatic carbocycles. The van der Waals surface area contributed by atoms with Crippen LogP contribution in [0.25, 0.3) is 0 Å². The van der Waals surface area contributed by atoms with Crippen molar-refractivity contribution in [1.29, 1.82) is 0 Å². The van der Waals surface area contributed by atoms with Crippen molar-refractivity contribution in [3.8, 4) is 5.75 Å². The van der Waals surface area contributed by atoms with Gasteiger partial charge in [0.1, 0.15) is 5.75 Å². The van der Waals surface area contributed by atoms with Crippen LogP contribution < -0.4 is 4.74 Å². The van der Waals surface area contributed by atoms with Gasteiger partial charge in [-0.3, -0.25) is 4.90 Å². The third kappa shape index (κ3) is 8.60. The fourth-order valence-corrected chi connectivity index (χ4v) is 6.07. The molecule has 43 heavy (non-hydrogen) atoms. The van der Waals surface area contributed by atoms with Gasteiger partial charge in [-0.25, -0.2) is 12.7 Å². The zero-order chi connectivity index (χ0) is 31.0. The number of ether oxygens (including phenoxy) is 1. The van der Waals surface area contributed by atoms with E-state index in [2.05, 4.69) is 4.90 Å². The minimum absolute atomic E-state index is 0.0409. The first-order chi connectivity index (χ1) is 20.5. The minimum Gasteiger partial charge on any atom is -0.494 e. The van der Waals surface area contributed by atoms with E-state index in [1.165, 1.54) is 32.3 Å². The van der Waals surface area contributed by atoms with Gasteiger partial charge in [-0.1, -0.05) is 90.5 Å². The highest BCUT2D eigenvalue weighted by molar-refractivity contribution is 7.89. The molecule has 4 aromatic carbocycles. The molecule has 0 fully saturated rings. The van der Waals surface area contributed by atoms with E-state index in [0.717, 1.165) is 21.5 Å². The molecule has 0 aliphatic heterocycles. The normalized spacial score (nSPS) is 12.3. The zero-order valence-electron chi connectivity index (χ0n) is 24.0. The first-order valence-corrected chi connectivity index (χ1v) is 15.6. The number of benzene rings is 4. The van der Waals surface area contributed by atoms with Crippen LogP contribution in [-0.4, -0.2) is 51.4 Å². The molecule has 0 spiro atoms. The average molecular weight is 631 g/mol. The number of alkyl halides is 3. The Morgan fingerprint density at radius 3 is 2.02 bits per heavy atom. The molecule has 0 aromatic heterocycles. The molecule has 0 saturated carbocycles. The van der Waals surface area contributed by atoms with Crippen molar-refractivity contribution >= 4 is 21.6 Å². The van der Waals surface area contributed by atoms with Gasteiger partial charge in [0.05, 0.1) is 22.1 Å². The molecule has 0 N–H and O–H groups in total. The lowest BCUT2D eigenvalue weighted by Gasteiger charge is -2.29. The lowest BCUT2D eigenvalue weighted by molar-refractivity contribution is -0.137. The van der Waals surface area contributed by atoms with E-state index in [1.54, 1.807) is 18.2 Å². The first kappa shape index (κ1) is 32.5. The van der Waals surface area contributed by atoms with Crippen LogP contribution >= 0.6 is 11.6 Å². The highest BCUT2D eigenvalue weighted by Gasteiger charge is 2.34. The van der Waals surface area contributed by atoms with Gasteiger partial charge in [-0.05, 0) is 41.3 Å². The van der Waals surface area contributed by atoms with E-state index in [9.17, 15) is 21.6 Å². The maximum Gasteiger partial charge on any atom is 0.417 e. The zero-order valence-corrected chi connectivity index (χ0v) is 25.5. The van der Waals surface area contributed by atoms with Crippen LogP contribution in [0.4, 0.5) is 13.2 Å². The van der Waals surface area contributed by atoms with Crippen molar-refractivity contribution in [1.82, 2.24) is 9.21 Å². The van der Waals surface area contributed by atoms with Crippen molar-refractivity contribution in [2.75, 3.05) is 33.8 Å². The second-order valence-corrected chi connectivity index (χ2v) is 12.9. The van der Waals surface area contributed by atoms with E-state index < -0.39 is 21.8 Å². The van der Waals surface area contributed by atoms with Gasteiger partial charge in [0.15, 0.2) is 0 Å². The Morgan fingerprint density at radius 2 is 1.44 bits per heavy atom. The Morgan fingerprint density at radius 1 is 0.837 bits per heavy atom. The fourth-order valence-electron chi connectivity index (χ4n) is 4.84. The highest BCUT2D eigenvalue weighted by atomic mass is 35.5. The largest absolute Gasteiger partial charge is 0.494 e. The molecule has 0 bridgehead atoms. The smallest absolute Gasteiger partial charge is 0.417 e. The number of nitrogens with zero attached hydrogens (tertiary/aromatic N) is 2. The second kappa shape index (κ2) is 14.4. The van der Waals surface area contributed by atoms with E-state index in [4.69, 9.17) is 16.3 Å². The van der Waals surface area contributed by atoms with Gasteiger partial charge in [-0.2, -0.15) is 13.2 Å². The predicted molar refractivity (Wildman–Crippen MR) is 164 cm³/mol. The predicted octanol–water partition coefficient (Wildman–Crippen LogP) is 7.71. The highest BCUT2D eigenvalue weighted by Crippen LogP contribution is 2.37. The molecular weight excluding hydrogens is 597 g/mol. The Bertz CT molecular complexity index is 1540. The summed E-state index contributed by atoms with van der Waals surface area (Å²) in [6, 6.07) is 30.3. The number of sulfonamides is 1. The number of rotatable bonds is 13. The first-order valence-electron chi connectivity index (χ1n) is 13.8. The van der Waals surface area contributed by atoms with Gasteiger partial charge < -0.3 is 4.74 Å². The van der Waals surface area contributed by atoms with Gasteiger partial charge in [0.2, 0.25) is 10.0 Å². The summed E-state index contributed by atoms with van der Waals surface area (Å²) in [5.74, 6) is 0.377. The van der Waals surface area contributed by atoms with Crippen LogP contribution in [0, 0.1) is 0 Å². The lowest BCUT2D eigenvalue weighted by Crippen LogP contribution is -2.31. The summed E-state index contributed by atoms with van der Waals surface area (Å²) in [7, 11) is -0.681. The van der Waals surface area contributed by atoms with Gasteiger partial charge in [0.25, 0.3) is 0 Å². The van der Waals surface area contributed by atoms with Crippen LogP contribution in [0.5, 0.6) is 5.75 Å². The van der Waals surface area contributed by atoms with Crippen molar-refractivity contribution in [3.63, 3.8) is 0 Å². The molecule has 0 atom stereocenters. The molecule has 0 saturated heterocycles. The molecule has 0 radical (unpaired) electrons. The molecule has 0 aliphatic rings. The summed E-state index contributed by atoms with van der Waals surface area (Å²) < 4.78 is 72.9. The minimum atomic E-state index is -4.56. The summed E-state index contributed by atoms with van der Waals surface area (Å²) in [6.45, 7) is 1.50. The van der Waals surface area contributed by atoms with Crippen LogP contribution in [-0.2, 0) is 22.7 Å². The van der Waals surface area contributed by atoms with Crippen molar-refractivity contribution in [2.45, 2.75) is 30.0 Å². The Balaban J connectivity index is 1.56. The van der Waals surface area contributed by atoms with Gasteiger partial charge >= 0.3 is 6.18 Å². The molecule has 10 heteroatoms. The third-order valence-electron chi connectivity index (χ3n) is 7.09. The Labute approximate surface area is 256 Å². The Hall–Kier alpha value is -3.37. The number of hydrogen-bond donors (Lipinski definition) is 0. The average Bonchev–Trinajstić information content (AvgIpc) is 2.99. The van der Waals surface area contributed by atoms with Gasteiger partial charge in [-0.15, -0.1) is 0 Å². The molecule has 0 amide bonds. The summed E-state index contributed by atoms with van der Waals surface area (Å²) >= 11 is 6.30. The SMILES string of the molecule is CN(C)S(=O)(=O)c1cccc(OCCCN(Cc2cccc(C(F)(F)F)c2Cl)CC(c2ccccc2)c2ccccc2)c1. The molecule has 5 nitrogen and oxygen atoms in total. The van der Waals surface area contributed by atoms with E-state index in [-0.39, 0.29) is 29.0 Å². The Kier molecular flexibility index (Phi) is 10.9. The van der Waals surface area contributed by atoms with Crippen LogP contribution in [0.3, 0.4) is 0 Å². The molecule has 0 unspecified atom stereocenters. The van der Waals surface area contributed by atoms with Crippen LogP contribution in [0.2, 0.25) is 5.02 Å². The van der Waals surface area contributed by atoms with Crippen molar-refractivity contribution in [2.24, 2.45) is 0 Å². The topological polar surface area (TPSA) is 49.9 Å². The monoisotopic (exact) mass is 630 g/mol. The van der Waals surface area contributed by atoms with Crippen molar-refractivity contribution < 1.29 is 26.3 Å². The van der Waals surface area contributed by atoms with Crippen LogP contribution in [0.15, 0.2) is 108 Å². The quantitative estimate of drug-likeness (QED) is 0.142. The van der Waals surface area contributed by atoms with E-state index >= 15 is 0 Å². The summed E-state index contributed by atoms with van der Waals surface area (Å²) in [4.78, 5) is 2.21. The molecule has 0 heterocycles. The molecule has 4 rings (SSSR count). The lowest BCUT2D eigenvalue weighted by atomic mass is 9.90. The standard InChI is InChI=1S/C33H34ClF3N2O3S/c1-38(2)43(40,41)29-18-10-17-28(22-29)42-21-11-20-39(23-27-16-9-19-31(32(27)34)33(35,36)37)24-30(25-12-5-3-6-13-25)26-14-7-4-8-15-26/h3-10,12-19,22,30H,11,20-21,23-24H2,1-2H3. The maximum atomic E-state index is 13.6. The molecule has 4 aromatic rings. The fraction of sp³-hybridized carbons (Fsp3) is 0.273. The summed E-state index contributed by atoms with van der Waals surface area (Å²) in [5, 5.41) is -0.300. The maximum absolute atomic E-state index is 13.6. The number of hydrogen-bond acceptors (Lipinski definition) is 4. The van der Waals surface area contributed by atoms with Crippen LogP contribution in [0.1, 0.15) is 34.6 Å².